The van der Waals surface area contributed by atoms with Crippen molar-refractivity contribution in [2.75, 3.05) is 0 Å². The molecule has 2 aromatic rings. The van der Waals surface area contributed by atoms with Gasteiger partial charge in [-0.05, 0) is 38.7 Å². The molecule has 0 unspecified atom stereocenters. The van der Waals surface area contributed by atoms with E-state index in [1.807, 2.05) is 13.0 Å². The van der Waals surface area contributed by atoms with Crippen LogP contribution in [0.1, 0.15) is 38.3 Å². The lowest BCUT2D eigenvalue weighted by Gasteiger charge is -2.23. The maximum absolute atomic E-state index is 9.48. The minimum Gasteiger partial charge on any atom is -0.352 e. The molecule has 0 aliphatic heterocycles. The van der Waals surface area contributed by atoms with Crippen molar-refractivity contribution in [2.24, 2.45) is 9.98 Å². The summed E-state index contributed by atoms with van der Waals surface area (Å²) in [5.74, 6) is 0.856. The molecule has 7 nitrogen and oxygen atoms in total. The van der Waals surface area contributed by atoms with Crippen molar-refractivity contribution < 1.29 is 0 Å². The first-order valence-corrected chi connectivity index (χ1v) is 7.91. The maximum atomic E-state index is 9.48. The molecule has 2 aromatic heterocycles. The third kappa shape index (κ3) is 3.04. The van der Waals surface area contributed by atoms with Gasteiger partial charge >= 0.3 is 0 Å². The fraction of sp³-hybridized carbons (Fsp3) is 0.353. The van der Waals surface area contributed by atoms with Gasteiger partial charge in [0.2, 0.25) is 0 Å². The number of H-pyrrole nitrogens is 1. The predicted octanol–water partition coefficient (Wildman–Crippen LogP) is 2.69. The highest BCUT2D eigenvalue weighted by Crippen LogP contribution is 2.29. The molecule has 24 heavy (non-hydrogen) atoms. The number of nitriles is 1. The number of aromatic amines is 1. The average Bonchev–Trinajstić information content (AvgIpc) is 3.23. The molecule has 2 N–H and O–H groups in total. The van der Waals surface area contributed by atoms with Gasteiger partial charge in [-0.15, -0.1) is 0 Å². The van der Waals surface area contributed by atoms with Gasteiger partial charge in [-0.2, -0.15) is 5.26 Å². The Kier molecular flexibility index (Phi) is 4.38. The van der Waals surface area contributed by atoms with Crippen LogP contribution in [0.5, 0.6) is 0 Å². The Labute approximate surface area is 140 Å². The van der Waals surface area contributed by atoms with Gasteiger partial charge < -0.3 is 10.3 Å². The first-order chi connectivity index (χ1) is 11.7. The zero-order valence-corrected chi connectivity index (χ0v) is 13.6. The summed E-state index contributed by atoms with van der Waals surface area (Å²) in [5.41, 5.74) is 0.776. The largest absolute Gasteiger partial charge is 0.352 e. The Morgan fingerprint density at radius 3 is 2.96 bits per heavy atom. The molecule has 0 amide bonds. The van der Waals surface area contributed by atoms with Crippen LogP contribution in [0.15, 0.2) is 41.0 Å². The summed E-state index contributed by atoms with van der Waals surface area (Å²) in [5, 5.41) is 13.5. The number of fused-ring (bicyclic) bond motifs is 1. The van der Waals surface area contributed by atoms with E-state index in [-0.39, 0.29) is 0 Å². The summed E-state index contributed by atoms with van der Waals surface area (Å²) in [6, 6.07) is 4.25. The van der Waals surface area contributed by atoms with Gasteiger partial charge in [0.1, 0.15) is 29.0 Å². The lowest BCUT2D eigenvalue weighted by Crippen LogP contribution is -2.40. The summed E-state index contributed by atoms with van der Waals surface area (Å²) >= 11 is 0. The van der Waals surface area contributed by atoms with E-state index in [2.05, 4.69) is 42.9 Å². The quantitative estimate of drug-likeness (QED) is 0.667. The number of hydrogen-bond donors (Lipinski definition) is 2. The maximum Gasteiger partial charge on any atom is 0.180 e. The number of hydrogen-bond acceptors (Lipinski definition) is 5. The van der Waals surface area contributed by atoms with E-state index < -0.39 is 5.54 Å². The van der Waals surface area contributed by atoms with Crippen LogP contribution in [0.2, 0.25) is 0 Å². The topological polar surface area (TPSA) is 102 Å². The second-order valence-electron chi connectivity index (χ2n) is 5.76. The van der Waals surface area contributed by atoms with Crippen molar-refractivity contribution in [2.45, 2.75) is 38.1 Å². The zero-order chi connectivity index (χ0) is 17.0. The number of nitrogens with one attached hydrogen (secondary N) is 2. The average molecular weight is 321 g/mol. The van der Waals surface area contributed by atoms with Crippen LogP contribution in [-0.2, 0) is 0 Å². The Morgan fingerprint density at radius 2 is 2.25 bits per heavy atom. The number of aromatic nitrogens is 3. The van der Waals surface area contributed by atoms with E-state index in [9.17, 15) is 5.26 Å². The molecule has 0 saturated heterocycles. The van der Waals surface area contributed by atoms with Crippen molar-refractivity contribution in [1.29, 1.82) is 5.26 Å². The third-order valence-electron chi connectivity index (χ3n) is 4.11. The number of nitrogens with zero attached hydrogens (tertiary/aromatic N) is 5. The standard InChI is InChI=1S/C17H19N7/c1-3-19-16(14-13-6-9-20-15(13)22-11-21-14)23-12(2)24-17(10-18)7-4-5-8-17/h3,6,9,11,24H,2,4-5,7-8H2,1H3,(H,20,21,22)/b19-3-,23-16-. The molecule has 2 heterocycles. The predicted molar refractivity (Wildman–Crippen MR) is 93.7 cm³/mol. The Hall–Kier alpha value is -3.01. The van der Waals surface area contributed by atoms with E-state index >= 15 is 0 Å². The monoisotopic (exact) mass is 321 g/mol. The van der Waals surface area contributed by atoms with Crippen molar-refractivity contribution in [1.82, 2.24) is 20.3 Å². The summed E-state index contributed by atoms with van der Waals surface area (Å²) < 4.78 is 0. The molecule has 122 valence electrons. The van der Waals surface area contributed by atoms with Crippen LogP contribution in [0.4, 0.5) is 0 Å². The van der Waals surface area contributed by atoms with Crippen LogP contribution >= 0.6 is 0 Å². The first-order valence-electron chi connectivity index (χ1n) is 7.91. The van der Waals surface area contributed by atoms with Gasteiger partial charge in [0, 0.05) is 17.8 Å². The van der Waals surface area contributed by atoms with Crippen LogP contribution in [-0.4, -0.2) is 32.5 Å². The highest BCUT2D eigenvalue weighted by Gasteiger charge is 2.34. The van der Waals surface area contributed by atoms with Crippen molar-refractivity contribution >= 4 is 23.1 Å². The number of aliphatic imine (C=N–C) groups is 2. The smallest absolute Gasteiger partial charge is 0.180 e. The molecule has 1 aliphatic rings. The Bertz CT molecular complexity index is 847. The van der Waals surface area contributed by atoms with Gasteiger partial charge in [0.25, 0.3) is 0 Å². The molecule has 0 atom stereocenters. The Morgan fingerprint density at radius 1 is 1.46 bits per heavy atom. The van der Waals surface area contributed by atoms with Crippen LogP contribution in [0.25, 0.3) is 11.0 Å². The molecular weight excluding hydrogens is 302 g/mol. The Balaban J connectivity index is 1.93. The number of amidine groups is 1. The fourth-order valence-electron chi connectivity index (χ4n) is 2.99. The second kappa shape index (κ2) is 6.62. The summed E-state index contributed by atoms with van der Waals surface area (Å²) in [7, 11) is 0. The molecule has 0 aromatic carbocycles. The zero-order valence-electron chi connectivity index (χ0n) is 13.6. The number of rotatable bonds is 4. The van der Waals surface area contributed by atoms with Crippen LogP contribution in [0, 0.1) is 11.3 Å². The summed E-state index contributed by atoms with van der Waals surface area (Å²) in [4.78, 5) is 20.3. The normalized spacial score (nSPS) is 17.2. The van der Waals surface area contributed by atoms with E-state index in [4.69, 9.17) is 0 Å². The van der Waals surface area contributed by atoms with Gasteiger partial charge in [0.15, 0.2) is 5.84 Å². The molecule has 1 fully saturated rings. The molecule has 7 heteroatoms. The third-order valence-corrected chi connectivity index (χ3v) is 4.11. The minimum absolute atomic E-state index is 0.418. The van der Waals surface area contributed by atoms with E-state index in [0.717, 1.165) is 36.7 Å². The lowest BCUT2D eigenvalue weighted by atomic mass is 10.0. The van der Waals surface area contributed by atoms with Crippen LogP contribution < -0.4 is 5.32 Å². The highest BCUT2D eigenvalue weighted by atomic mass is 15.1. The van der Waals surface area contributed by atoms with Gasteiger partial charge in [-0.3, -0.25) is 0 Å². The van der Waals surface area contributed by atoms with Gasteiger partial charge in [-0.25, -0.2) is 20.0 Å². The molecule has 0 spiro atoms. The van der Waals surface area contributed by atoms with E-state index in [1.165, 1.54) is 6.33 Å². The highest BCUT2D eigenvalue weighted by molar-refractivity contribution is 6.09. The SMILES string of the molecule is C=C(/N=C(\N=C/C)c1ncnc2[nH]ccc12)NC1(C#N)CCCC1. The van der Waals surface area contributed by atoms with Crippen LogP contribution in [0.3, 0.4) is 0 Å². The van der Waals surface area contributed by atoms with Gasteiger partial charge in [-0.1, -0.05) is 6.58 Å². The second-order valence-corrected chi connectivity index (χ2v) is 5.76. The van der Waals surface area contributed by atoms with E-state index in [1.54, 1.807) is 12.4 Å². The molecular formula is C17H19N7. The van der Waals surface area contributed by atoms with Crippen molar-refractivity contribution in [3.05, 3.63) is 36.7 Å². The molecule has 3 rings (SSSR count). The van der Waals surface area contributed by atoms with Crippen molar-refractivity contribution in [3.63, 3.8) is 0 Å². The minimum atomic E-state index is -0.573. The summed E-state index contributed by atoms with van der Waals surface area (Å²) in [6.45, 7) is 5.77. The van der Waals surface area contributed by atoms with Crippen molar-refractivity contribution in [3.8, 4) is 6.07 Å². The molecule has 0 radical (unpaired) electrons. The summed E-state index contributed by atoms with van der Waals surface area (Å²) in [6.07, 6.45) is 8.61. The lowest BCUT2D eigenvalue weighted by molar-refractivity contribution is 0.465. The van der Waals surface area contributed by atoms with Gasteiger partial charge in [0.05, 0.1) is 6.07 Å². The molecule has 1 saturated carbocycles. The van der Waals surface area contributed by atoms with E-state index in [0.29, 0.717) is 17.4 Å². The molecule has 1 aliphatic carbocycles. The fourth-order valence-corrected chi connectivity index (χ4v) is 2.99. The first kappa shape index (κ1) is 15.9. The molecule has 0 bridgehead atoms.